The second kappa shape index (κ2) is 4.88. The number of benzene rings is 1. The minimum Gasteiger partial charge on any atom is -0.356 e. The third-order valence-electron chi connectivity index (χ3n) is 1.94. The first-order valence-electron chi connectivity index (χ1n) is 4.56. The molecular formula is C10H8N4S2. The maximum atomic E-state index is 8.75. The summed E-state index contributed by atoms with van der Waals surface area (Å²) in [7, 11) is 0. The summed E-state index contributed by atoms with van der Waals surface area (Å²) < 4.78 is 0.647. The summed E-state index contributed by atoms with van der Waals surface area (Å²) in [6, 6.07) is 9.55. The Labute approximate surface area is 102 Å². The molecule has 1 aromatic carbocycles. The van der Waals surface area contributed by atoms with Crippen molar-refractivity contribution in [2.75, 3.05) is 5.32 Å². The molecule has 2 aromatic rings. The van der Waals surface area contributed by atoms with Gasteiger partial charge in [-0.2, -0.15) is 5.26 Å². The molecular weight excluding hydrogens is 240 g/mol. The quantitative estimate of drug-likeness (QED) is 0.820. The van der Waals surface area contributed by atoms with Crippen LogP contribution >= 0.6 is 23.6 Å². The minimum atomic E-state index is 0.631. The van der Waals surface area contributed by atoms with Crippen molar-refractivity contribution in [2.45, 2.75) is 6.54 Å². The zero-order valence-electron chi connectivity index (χ0n) is 8.23. The van der Waals surface area contributed by atoms with Crippen LogP contribution in [0.2, 0.25) is 0 Å². The van der Waals surface area contributed by atoms with Crippen molar-refractivity contribution in [1.82, 2.24) is 10.2 Å². The van der Waals surface area contributed by atoms with Crippen LogP contribution in [0.5, 0.6) is 0 Å². The van der Waals surface area contributed by atoms with E-state index in [0.29, 0.717) is 16.1 Å². The van der Waals surface area contributed by atoms with E-state index in [0.717, 1.165) is 10.7 Å². The fourth-order valence-corrected chi connectivity index (χ4v) is 2.02. The van der Waals surface area contributed by atoms with Crippen LogP contribution in [0.15, 0.2) is 24.3 Å². The van der Waals surface area contributed by atoms with Crippen molar-refractivity contribution < 1.29 is 0 Å². The fourth-order valence-electron chi connectivity index (χ4n) is 1.23. The summed E-state index contributed by atoms with van der Waals surface area (Å²) >= 11 is 6.31. The van der Waals surface area contributed by atoms with Gasteiger partial charge in [0, 0.05) is 6.54 Å². The highest BCUT2D eigenvalue weighted by Crippen LogP contribution is 2.13. The smallest absolute Gasteiger partial charge is 0.204 e. The number of anilines is 1. The molecule has 2 rings (SSSR count). The van der Waals surface area contributed by atoms with Crippen molar-refractivity contribution in [3.63, 3.8) is 0 Å². The summed E-state index contributed by atoms with van der Waals surface area (Å²) in [4.78, 5) is 0. The van der Waals surface area contributed by atoms with Gasteiger partial charge < -0.3 is 5.32 Å². The third kappa shape index (κ3) is 2.66. The number of H-pyrrole nitrogens is 1. The van der Waals surface area contributed by atoms with Crippen LogP contribution in [-0.2, 0) is 6.54 Å². The van der Waals surface area contributed by atoms with Gasteiger partial charge in [-0.1, -0.05) is 23.5 Å². The molecule has 0 bridgehead atoms. The monoisotopic (exact) mass is 248 g/mol. The van der Waals surface area contributed by atoms with Crippen LogP contribution < -0.4 is 5.32 Å². The first-order valence-corrected chi connectivity index (χ1v) is 5.79. The van der Waals surface area contributed by atoms with E-state index in [-0.39, 0.29) is 0 Å². The highest BCUT2D eigenvalue weighted by Gasteiger charge is 1.98. The van der Waals surface area contributed by atoms with Crippen molar-refractivity contribution >= 4 is 28.7 Å². The molecule has 0 saturated heterocycles. The Kier molecular flexibility index (Phi) is 3.29. The number of nitrogens with one attached hydrogen (secondary N) is 2. The molecule has 1 heterocycles. The second-order valence-electron chi connectivity index (χ2n) is 3.08. The maximum absolute atomic E-state index is 8.75. The molecule has 4 nitrogen and oxygen atoms in total. The summed E-state index contributed by atoms with van der Waals surface area (Å²) in [5.41, 5.74) is 1.70. The van der Waals surface area contributed by atoms with Gasteiger partial charge in [-0.3, -0.25) is 5.10 Å². The maximum Gasteiger partial charge on any atom is 0.204 e. The van der Waals surface area contributed by atoms with Crippen molar-refractivity contribution in [3.8, 4) is 6.07 Å². The lowest BCUT2D eigenvalue weighted by Crippen LogP contribution is -1.99. The first kappa shape index (κ1) is 10.8. The highest BCUT2D eigenvalue weighted by atomic mass is 32.1. The molecule has 1 aromatic heterocycles. The van der Waals surface area contributed by atoms with Crippen LogP contribution in [0.4, 0.5) is 5.13 Å². The van der Waals surface area contributed by atoms with Gasteiger partial charge in [-0.05, 0) is 29.9 Å². The number of nitriles is 1. The number of aromatic nitrogens is 2. The Balaban J connectivity index is 2.05. The lowest BCUT2D eigenvalue weighted by atomic mass is 10.1. The number of hydrogen-bond donors (Lipinski definition) is 2. The number of nitrogens with zero attached hydrogens (tertiary/aromatic N) is 2. The van der Waals surface area contributed by atoms with Gasteiger partial charge >= 0.3 is 0 Å². The summed E-state index contributed by atoms with van der Waals surface area (Å²) in [5, 5.41) is 19.3. The Hall–Kier alpha value is -1.71. The molecule has 0 saturated carbocycles. The van der Waals surface area contributed by atoms with Crippen molar-refractivity contribution in [2.24, 2.45) is 0 Å². The average Bonchev–Trinajstić information content (AvgIpc) is 2.73. The zero-order valence-corrected chi connectivity index (χ0v) is 9.86. The molecule has 0 radical (unpaired) electrons. The molecule has 6 heteroatoms. The SMILES string of the molecule is N#Cc1cccc(CNc2n[nH]c(=S)s2)c1. The Morgan fingerprint density at radius 2 is 2.44 bits per heavy atom. The Morgan fingerprint density at radius 1 is 1.56 bits per heavy atom. The average molecular weight is 248 g/mol. The Bertz CT molecular complexity index is 579. The van der Waals surface area contributed by atoms with Crippen molar-refractivity contribution in [1.29, 1.82) is 5.26 Å². The normalized spacial score (nSPS) is 9.69. The minimum absolute atomic E-state index is 0.631. The van der Waals surface area contributed by atoms with Gasteiger partial charge in [0.05, 0.1) is 11.6 Å². The van der Waals surface area contributed by atoms with E-state index < -0.39 is 0 Å². The van der Waals surface area contributed by atoms with E-state index in [2.05, 4.69) is 21.6 Å². The second-order valence-corrected chi connectivity index (χ2v) is 4.75. The first-order chi connectivity index (χ1) is 7.78. The number of aromatic amines is 1. The summed E-state index contributed by atoms with van der Waals surface area (Å²) in [6.45, 7) is 0.631. The molecule has 0 aliphatic heterocycles. The molecule has 2 N–H and O–H groups in total. The van der Waals surface area contributed by atoms with Gasteiger partial charge in [-0.15, -0.1) is 5.10 Å². The summed E-state index contributed by atoms with van der Waals surface area (Å²) in [5.74, 6) is 0. The molecule has 0 spiro atoms. The van der Waals surface area contributed by atoms with Crippen LogP contribution in [0.3, 0.4) is 0 Å². The van der Waals surface area contributed by atoms with Crippen molar-refractivity contribution in [3.05, 3.63) is 39.3 Å². The van der Waals surface area contributed by atoms with E-state index in [1.807, 2.05) is 18.2 Å². The van der Waals surface area contributed by atoms with Crippen LogP contribution in [0, 0.1) is 15.3 Å². The largest absolute Gasteiger partial charge is 0.356 e. The molecule has 16 heavy (non-hydrogen) atoms. The molecule has 0 atom stereocenters. The number of hydrogen-bond acceptors (Lipinski definition) is 5. The topological polar surface area (TPSA) is 64.5 Å². The summed E-state index contributed by atoms with van der Waals surface area (Å²) in [6.07, 6.45) is 0. The van der Waals surface area contributed by atoms with Crippen LogP contribution in [0.25, 0.3) is 0 Å². The van der Waals surface area contributed by atoms with E-state index in [9.17, 15) is 0 Å². The van der Waals surface area contributed by atoms with Gasteiger partial charge in [0.15, 0.2) is 3.95 Å². The lowest BCUT2D eigenvalue weighted by molar-refractivity contribution is 1.04. The highest BCUT2D eigenvalue weighted by molar-refractivity contribution is 7.73. The van der Waals surface area contributed by atoms with Crippen LogP contribution in [-0.4, -0.2) is 10.2 Å². The van der Waals surface area contributed by atoms with E-state index in [1.165, 1.54) is 11.3 Å². The molecule has 80 valence electrons. The third-order valence-corrected chi connectivity index (χ3v) is 2.98. The van der Waals surface area contributed by atoms with Gasteiger partial charge in [-0.25, -0.2) is 0 Å². The zero-order chi connectivity index (χ0) is 11.4. The molecule has 0 aliphatic rings. The standard InChI is InChI=1S/C10H8N4S2/c11-5-7-2-1-3-8(4-7)6-12-9-13-14-10(15)16-9/h1-4H,6H2,(H,12,13)(H,14,15). The fraction of sp³-hybridized carbons (Fsp3) is 0.100. The predicted octanol–water partition coefficient (Wildman–Crippen LogP) is 2.68. The van der Waals surface area contributed by atoms with Crippen LogP contribution in [0.1, 0.15) is 11.1 Å². The molecule has 0 unspecified atom stereocenters. The molecule has 0 fully saturated rings. The van der Waals surface area contributed by atoms with E-state index in [1.54, 1.807) is 6.07 Å². The number of rotatable bonds is 3. The van der Waals surface area contributed by atoms with E-state index >= 15 is 0 Å². The molecule has 0 aliphatic carbocycles. The van der Waals surface area contributed by atoms with Gasteiger partial charge in [0.2, 0.25) is 5.13 Å². The van der Waals surface area contributed by atoms with Gasteiger partial charge in [0.1, 0.15) is 0 Å². The predicted molar refractivity (Wildman–Crippen MR) is 65.8 cm³/mol. The molecule has 0 amide bonds. The lowest BCUT2D eigenvalue weighted by Gasteiger charge is -2.02. The van der Waals surface area contributed by atoms with E-state index in [4.69, 9.17) is 17.5 Å². The van der Waals surface area contributed by atoms with Gasteiger partial charge in [0.25, 0.3) is 0 Å². The Morgan fingerprint density at radius 3 is 3.12 bits per heavy atom.